The molecule has 0 atom stereocenters. The van der Waals surface area contributed by atoms with Gasteiger partial charge in [0.15, 0.2) is 5.76 Å². The van der Waals surface area contributed by atoms with Crippen LogP contribution in [-0.2, 0) is 13.1 Å². The molecule has 0 unspecified atom stereocenters. The van der Waals surface area contributed by atoms with Crippen LogP contribution in [0.5, 0.6) is 11.5 Å². The molecule has 2 heterocycles. The van der Waals surface area contributed by atoms with E-state index in [9.17, 15) is 4.79 Å². The molecule has 0 fully saturated rings. The minimum absolute atomic E-state index is 0.0756. The van der Waals surface area contributed by atoms with Gasteiger partial charge in [-0.1, -0.05) is 48.0 Å². The molecule has 156 valence electrons. The van der Waals surface area contributed by atoms with Gasteiger partial charge in [0, 0.05) is 18.1 Å². The third-order valence-electron chi connectivity index (χ3n) is 5.78. The smallest absolute Gasteiger partial charge is 0.232 e. The Morgan fingerprint density at radius 3 is 2.61 bits per heavy atom. The highest BCUT2D eigenvalue weighted by atomic mass is 35.5. The van der Waals surface area contributed by atoms with E-state index in [1.54, 1.807) is 0 Å². The lowest BCUT2D eigenvalue weighted by Crippen LogP contribution is -2.31. The van der Waals surface area contributed by atoms with Gasteiger partial charge in [0.05, 0.1) is 11.1 Å². The summed E-state index contributed by atoms with van der Waals surface area (Å²) >= 11 is 6.00. The van der Waals surface area contributed by atoms with Crippen molar-refractivity contribution in [2.75, 3.05) is 6.73 Å². The normalized spacial score (nSPS) is 16.6. The molecule has 5 heteroatoms. The summed E-state index contributed by atoms with van der Waals surface area (Å²) in [4.78, 5) is 15.3. The fraction of sp³-hybridized carbons (Fsp3) is 0.192. The fourth-order valence-corrected chi connectivity index (χ4v) is 4.24. The number of rotatable bonds is 3. The van der Waals surface area contributed by atoms with E-state index in [4.69, 9.17) is 21.1 Å². The van der Waals surface area contributed by atoms with E-state index in [1.165, 1.54) is 0 Å². The van der Waals surface area contributed by atoms with Crippen molar-refractivity contribution in [3.8, 4) is 11.5 Å². The third kappa shape index (κ3) is 3.73. The number of Topliss-reactive ketones (excluding diaryl/α,β-unsaturated/α-hetero) is 1. The topological polar surface area (TPSA) is 38.8 Å². The zero-order valence-electron chi connectivity index (χ0n) is 17.4. The summed E-state index contributed by atoms with van der Waals surface area (Å²) in [5.74, 6) is 1.69. The van der Waals surface area contributed by atoms with E-state index < -0.39 is 0 Å². The number of hydrogen-bond acceptors (Lipinski definition) is 4. The average Bonchev–Trinajstić information content (AvgIpc) is 3.09. The van der Waals surface area contributed by atoms with Crippen molar-refractivity contribution in [3.05, 3.63) is 98.8 Å². The summed E-state index contributed by atoms with van der Waals surface area (Å²) < 4.78 is 12.2. The molecule has 0 aliphatic carbocycles. The summed E-state index contributed by atoms with van der Waals surface area (Å²) in [6.07, 6.45) is 1.83. The number of hydrogen-bond donors (Lipinski definition) is 0. The number of benzene rings is 3. The molecule has 3 aromatic carbocycles. The van der Waals surface area contributed by atoms with Gasteiger partial charge in [-0.05, 0) is 60.4 Å². The Balaban J connectivity index is 1.47. The lowest BCUT2D eigenvalue weighted by Gasteiger charge is -2.30. The first-order valence-electron chi connectivity index (χ1n) is 10.3. The molecule has 0 saturated carbocycles. The zero-order valence-corrected chi connectivity index (χ0v) is 18.2. The summed E-state index contributed by atoms with van der Waals surface area (Å²) in [5.41, 5.74) is 5.65. The standard InChI is InChI=1S/C26H22ClNO3/c1-16-5-3-4-6-19(16)12-23-25(29)24-17(2)11-22-21(26(24)31-23)14-28(15-30-22)13-18-7-9-20(27)10-8-18/h3-12H,13-15H2,1-2H3/b23-12-. The van der Waals surface area contributed by atoms with Crippen LogP contribution in [0.15, 0.2) is 60.4 Å². The maximum atomic E-state index is 13.2. The molecule has 0 N–H and O–H groups in total. The first-order chi connectivity index (χ1) is 15.0. The van der Waals surface area contributed by atoms with E-state index in [-0.39, 0.29) is 5.78 Å². The van der Waals surface area contributed by atoms with Crippen LogP contribution >= 0.6 is 11.6 Å². The molecule has 4 nitrogen and oxygen atoms in total. The van der Waals surface area contributed by atoms with Gasteiger partial charge in [0.1, 0.15) is 18.2 Å². The predicted molar refractivity (Wildman–Crippen MR) is 121 cm³/mol. The van der Waals surface area contributed by atoms with Crippen LogP contribution in [0.2, 0.25) is 5.02 Å². The van der Waals surface area contributed by atoms with Crippen LogP contribution < -0.4 is 9.47 Å². The molecule has 0 spiro atoms. The van der Waals surface area contributed by atoms with E-state index in [0.717, 1.165) is 45.1 Å². The van der Waals surface area contributed by atoms with Crippen molar-refractivity contribution in [2.24, 2.45) is 0 Å². The highest BCUT2D eigenvalue weighted by Crippen LogP contribution is 2.44. The maximum absolute atomic E-state index is 13.2. The van der Waals surface area contributed by atoms with Crippen molar-refractivity contribution in [3.63, 3.8) is 0 Å². The molecular weight excluding hydrogens is 410 g/mol. The van der Waals surface area contributed by atoms with Crippen molar-refractivity contribution in [1.82, 2.24) is 4.90 Å². The minimum Gasteiger partial charge on any atom is -0.478 e. The molecule has 2 aliphatic heterocycles. The monoisotopic (exact) mass is 431 g/mol. The van der Waals surface area contributed by atoms with Crippen LogP contribution in [0.1, 0.15) is 38.2 Å². The van der Waals surface area contributed by atoms with Crippen LogP contribution in [-0.4, -0.2) is 17.4 Å². The minimum atomic E-state index is -0.0756. The van der Waals surface area contributed by atoms with E-state index in [1.807, 2.05) is 74.5 Å². The average molecular weight is 432 g/mol. The van der Waals surface area contributed by atoms with Gasteiger partial charge in [0.25, 0.3) is 0 Å². The Kier molecular flexibility index (Phi) is 5.05. The van der Waals surface area contributed by atoms with Gasteiger partial charge in [-0.15, -0.1) is 0 Å². The number of ether oxygens (including phenoxy) is 2. The lowest BCUT2D eigenvalue weighted by atomic mass is 9.98. The van der Waals surface area contributed by atoms with Gasteiger partial charge in [0.2, 0.25) is 5.78 Å². The molecule has 0 aromatic heterocycles. The number of aryl methyl sites for hydroxylation is 2. The van der Waals surface area contributed by atoms with Gasteiger partial charge in [-0.3, -0.25) is 9.69 Å². The highest BCUT2D eigenvalue weighted by Gasteiger charge is 2.35. The number of ketones is 1. The maximum Gasteiger partial charge on any atom is 0.232 e. The largest absolute Gasteiger partial charge is 0.478 e. The molecule has 31 heavy (non-hydrogen) atoms. The van der Waals surface area contributed by atoms with Crippen LogP contribution in [0.25, 0.3) is 6.08 Å². The number of carbonyl (C=O) groups is 1. The van der Waals surface area contributed by atoms with Crippen LogP contribution in [0, 0.1) is 13.8 Å². The molecule has 3 aromatic rings. The number of nitrogens with zero attached hydrogens (tertiary/aromatic N) is 1. The Morgan fingerprint density at radius 2 is 1.84 bits per heavy atom. The zero-order chi connectivity index (χ0) is 21.5. The van der Waals surface area contributed by atoms with Crippen molar-refractivity contribution in [1.29, 1.82) is 0 Å². The quantitative estimate of drug-likeness (QED) is 0.482. The fourth-order valence-electron chi connectivity index (χ4n) is 4.12. The van der Waals surface area contributed by atoms with Gasteiger partial charge >= 0.3 is 0 Å². The predicted octanol–water partition coefficient (Wildman–Crippen LogP) is 5.93. The second-order valence-electron chi connectivity index (χ2n) is 8.06. The molecular formula is C26H22ClNO3. The van der Waals surface area contributed by atoms with E-state index >= 15 is 0 Å². The molecule has 0 saturated heterocycles. The van der Waals surface area contributed by atoms with Gasteiger partial charge in [-0.2, -0.15) is 0 Å². The first kappa shape index (κ1) is 19.9. The summed E-state index contributed by atoms with van der Waals surface area (Å²) in [7, 11) is 0. The SMILES string of the molecule is Cc1ccccc1/C=C1\Oc2c3c(cc(C)c2C1=O)OCN(Cc1ccc(Cl)cc1)C3. The Labute approximate surface area is 186 Å². The summed E-state index contributed by atoms with van der Waals surface area (Å²) in [6.45, 7) is 5.80. The summed E-state index contributed by atoms with van der Waals surface area (Å²) in [6, 6.07) is 17.7. The molecule has 2 aliphatic rings. The van der Waals surface area contributed by atoms with Crippen molar-refractivity contribution >= 4 is 23.5 Å². The number of halogens is 1. The van der Waals surface area contributed by atoms with Gasteiger partial charge < -0.3 is 9.47 Å². The van der Waals surface area contributed by atoms with Crippen molar-refractivity contribution < 1.29 is 14.3 Å². The Hall–Kier alpha value is -3.08. The van der Waals surface area contributed by atoms with E-state index in [0.29, 0.717) is 30.3 Å². The van der Waals surface area contributed by atoms with Gasteiger partial charge in [-0.25, -0.2) is 0 Å². The number of carbonyl (C=O) groups excluding carboxylic acids is 1. The first-order valence-corrected chi connectivity index (χ1v) is 10.6. The van der Waals surface area contributed by atoms with Crippen LogP contribution in [0.3, 0.4) is 0 Å². The van der Waals surface area contributed by atoms with E-state index in [2.05, 4.69) is 4.90 Å². The molecule has 0 bridgehead atoms. The second kappa shape index (κ2) is 7.88. The number of fused-ring (bicyclic) bond motifs is 3. The lowest BCUT2D eigenvalue weighted by molar-refractivity contribution is 0.0872. The molecule has 5 rings (SSSR count). The molecule has 0 amide bonds. The number of allylic oxidation sites excluding steroid dienone is 1. The second-order valence-corrected chi connectivity index (χ2v) is 8.49. The summed E-state index contributed by atoms with van der Waals surface area (Å²) in [5, 5.41) is 0.720. The Morgan fingerprint density at radius 1 is 1.06 bits per heavy atom. The van der Waals surface area contributed by atoms with Crippen molar-refractivity contribution in [2.45, 2.75) is 26.9 Å². The third-order valence-corrected chi connectivity index (χ3v) is 6.03. The van der Waals surface area contributed by atoms with Crippen LogP contribution in [0.4, 0.5) is 0 Å². The highest BCUT2D eigenvalue weighted by molar-refractivity contribution is 6.30. The molecule has 0 radical (unpaired) electrons. The Bertz CT molecular complexity index is 1210.